The van der Waals surface area contributed by atoms with Gasteiger partial charge in [-0.25, -0.2) is 0 Å². The third kappa shape index (κ3) is 3.36. The fourth-order valence-corrected chi connectivity index (χ4v) is 3.63. The Labute approximate surface area is 142 Å². The number of hydrogen-bond donors (Lipinski definition) is 1. The Kier molecular flexibility index (Phi) is 4.35. The van der Waals surface area contributed by atoms with Crippen LogP contribution >= 0.6 is 0 Å². The number of carbonyl (C=O) groups is 1. The number of carbonyl (C=O) groups excluding carboxylic acids is 1. The van der Waals surface area contributed by atoms with Gasteiger partial charge in [0.2, 0.25) is 12.7 Å². The first-order valence-corrected chi connectivity index (χ1v) is 9.04. The van der Waals surface area contributed by atoms with Crippen LogP contribution in [-0.4, -0.2) is 32.0 Å². The summed E-state index contributed by atoms with van der Waals surface area (Å²) in [5.41, 5.74) is 1.32. The highest BCUT2D eigenvalue weighted by molar-refractivity contribution is 5.76. The molecule has 0 aromatic heterocycles. The molecular weight excluding hydrogens is 306 g/mol. The average Bonchev–Trinajstić information content (AvgIpc) is 3.27. The van der Waals surface area contributed by atoms with Crippen LogP contribution < -0.4 is 14.8 Å². The van der Waals surface area contributed by atoms with Crippen LogP contribution in [0.5, 0.6) is 11.5 Å². The number of hydrogen-bond acceptors (Lipinski definition) is 4. The van der Waals surface area contributed by atoms with Crippen molar-refractivity contribution >= 4 is 5.91 Å². The molecule has 0 bridgehead atoms. The van der Waals surface area contributed by atoms with Crippen LogP contribution in [0.3, 0.4) is 0 Å². The minimum atomic E-state index is 0.0813. The number of rotatable bonds is 6. The topological polar surface area (TPSA) is 56.8 Å². The summed E-state index contributed by atoms with van der Waals surface area (Å²) in [4.78, 5) is 12.2. The van der Waals surface area contributed by atoms with Gasteiger partial charge >= 0.3 is 0 Å². The smallest absolute Gasteiger partial charge is 0.231 e. The second-order valence-corrected chi connectivity index (χ2v) is 7.15. The lowest BCUT2D eigenvalue weighted by Gasteiger charge is -2.22. The van der Waals surface area contributed by atoms with Crippen molar-refractivity contribution in [1.82, 2.24) is 5.32 Å². The highest BCUT2D eigenvalue weighted by atomic mass is 16.7. The van der Waals surface area contributed by atoms with Gasteiger partial charge in [0.05, 0.1) is 6.10 Å². The Hall–Kier alpha value is -1.75. The minimum Gasteiger partial charge on any atom is -0.454 e. The van der Waals surface area contributed by atoms with Crippen LogP contribution in [0.15, 0.2) is 18.2 Å². The molecule has 2 aliphatic heterocycles. The summed E-state index contributed by atoms with van der Waals surface area (Å²) >= 11 is 0. The molecule has 130 valence electrons. The summed E-state index contributed by atoms with van der Waals surface area (Å²) in [6, 6.07) is 6.14. The lowest BCUT2D eigenvalue weighted by atomic mass is 9.95. The minimum absolute atomic E-state index is 0.0813. The van der Waals surface area contributed by atoms with Crippen LogP contribution in [0.1, 0.15) is 50.5 Å². The molecule has 0 radical (unpaired) electrons. The van der Waals surface area contributed by atoms with Crippen LogP contribution in [0.4, 0.5) is 0 Å². The predicted octanol–water partition coefficient (Wildman–Crippen LogP) is 2.91. The van der Waals surface area contributed by atoms with Gasteiger partial charge in [-0.1, -0.05) is 6.07 Å². The van der Waals surface area contributed by atoms with E-state index in [9.17, 15) is 4.79 Å². The van der Waals surface area contributed by atoms with Gasteiger partial charge in [-0.05, 0) is 56.2 Å². The molecule has 4 rings (SSSR count). The summed E-state index contributed by atoms with van der Waals surface area (Å²) in [7, 11) is 0. The zero-order chi connectivity index (χ0) is 16.4. The largest absolute Gasteiger partial charge is 0.454 e. The first-order chi connectivity index (χ1) is 11.8. The molecular formula is C19H25NO4. The summed E-state index contributed by atoms with van der Waals surface area (Å²) in [6.45, 7) is 1.85. The molecule has 1 saturated carbocycles. The highest BCUT2D eigenvalue weighted by Crippen LogP contribution is 2.49. The number of nitrogens with one attached hydrogen (secondary N) is 1. The van der Waals surface area contributed by atoms with Crippen molar-refractivity contribution in [2.45, 2.75) is 56.5 Å². The van der Waals surface area contributed by atoms with E-state index in [1.54, 1.807) is 0 Å². The van der Waals surface area contributed by atoms with Crippen molar-refractivity contribution in [2.24, 2.45) is 0 Å². The molecule has 1 amide bonds. The molecule has 1 N–H and O–H groups in total. The van der Waals surface area contributed by atoms with E-state index in [4.69, 9.17) is 14.2 Å². The normalized spacial score (nSPS) is 23.8. The summed E-state index contributed by atoms with van der Waals surface area (Å²) in [5, 5.41) is 3.12. The van der Waals surface area contributed by atoms with Gasteiger partial charge < -0.3 is 19.5 Å². The summed E-state index contributed by atoms with van der Waals surface area (Å²) in [5.74, 6) is 1.77. The monoisotopic (exact) mass is 331 g/mol. The number of ether oxygens (including phenoxy) is 3. The summed E-state index contributed by atoms with van der Waals surface area (Å²) in [6.07, 6.45) is 7.35. The van der Waals surface area contributed by atoms with Crippen LogP contribution in [0.25, 0.3) is 0 Å². The van der Waals surface area contributed by atoms with Crippen molar-refractivity contribution < 1.29 is 19.0 Å². The van der Waals surface area contributed by atoms with Gasteiger partial charge in [0, 0.05) is 25.0 Å². The number of fused-ring (bicyclic) bond motifs is 1. The molecule has 1 aliphatic carbocycles. The maximum atomic E-state index is 12.2. The van der Waals surface area contributed by atoms with Gasteiger partial charge in [-0.2, -0.15) is 0 Å². The fourth-order valence-electron chi connectivity index (χ4n) is 3.63. The Morgan fingerprint density at radius 3 is 2.88 bits per heavy atom. The Morgan fingerprint density at radius 1 is 1.21 bits per heavy atom. The Bertz CT molecular complexity index is 605. The highest BCUT2D eigenvalue weighted by Gasteiger charge is 2.45. The van der Waals surface area contributed by atoms with E-state index in [-0.39, 0.29) is 17.4 Å². The molecule has 3 aliphatic rings. The number of amides is 1. The predicted molar refractivity (Wildman–Crippen MR) is 89.3 cm³/mol. The molecule has 2 heterocycles. The lowest BCUT2D eigenvalue weighted by Crippen LogP contribution is -2.33. The zero-order valence-corrected chi connectivity index (χ0v) is 14.0. The second-order valence-electron chi connectivity index (χ2n) is 7.15. The van der Waals surface area contributed by atoms with Crippen molar-refractivity contribution in [1.29, 1.82) is 0 Å². The molecule has 1 unspecified atom stereocenters. The fraction of sp³-hybridized carbons (Fsp3) is 0.632. The Morgan fingerprint density at radius 2 is 2.08 bits per heavy atom. The molecule has 24 heavy (non-hydrogen) atoms. The van der Waals surface area contributed by atoms with E-state index in [2.05, 4.69) is 17.4 Å². The SMILES string of the molecule is O=C(CCC1CCCCO1)NCC1(c2ccc3c(c2)OCO3)CC1. The van der Waals surface area contributed by atoms with Crippen molar-refractivity contribution in [3.63, 3.8) is 0 Å². The quantitative estimate of drug-likeness (QED) is 0.871. The molecule has 2 fully saturated rings. The molecule has 5 nitrogen and oxygen atoms in total. The van der Waals surface area contributed by atoms with E-state index in [1.807, 2.05) is 6.07 Å². The molecule has 5 heteroatoms. The standard InChI is InChI=1S/C19H25NO4/c21-18(7-5-15-3-1-2-10-22-15)20-12-19(8-9-19)14-4-6-16-17(11-14)24-13-23-16/h4,6,11,15H,1-3,5,7-10,12-13H2,(H,20,21). The van der Waals surface area contributed by atoms with E-state index in [0.717, 1.165) is 50.2 Å². The maximum absolute atomic E-state index is 12.2. The van der Waals surface area contributed by atoms with Crippen molar-refractivity contribution in [3.05, 3.63) is 23.8 Å². The molecule has 1 aromatic rings. The third-order valence-electron chi connectivity index (χ3n) is 5.43. The molecule has 1 aromatic carbocycles. The average molecular weight is 331 g/mol. The number of benzene rings is 1. The first-order valence-electron chi connectivity index (χ1n) is 9.04. The molecule has 0 spiro atoms. The van der Waals surface area contributed by atoms with E-state index < -0.39 is 0 Å². The maximum Gasteiger partial charge on any atom is 0.231 e. The molecule has 1 atom stereocenters. The van der Waals surface area contributed by atoms with Gasteiger partial charge in [0.15, 0.2) is 11.5 Å². The van der Waals surface area contributed by atoms with E-state index in [0.29, 0.717) is 19.8 Å². The Balaban J connectivity index is 1.28. The second kappa shape index (κ2) is 6.63. The molecule has 1 saturated heterocycles. The first kappa shape index (κ1) is 15.8. The lowest BCUT2D eigenvalue weighted by molar-refractivity contribution is -0.122. The van der Waals surface area contributed by atoms with Crippen LogP contribution in [-0.2, 0) is 14.9 Å². The van der Waals surface area contributed by atoms with Gasteiger partial charge in [0.1, 0.15) is 0 Å². The third-order valence-corrected chi connectivity index (χ3v) is 5.43. The van der Waals surface area contributed by atoms with Crippen molar-refractivity contribution in [2.75, 3.05) is 19.9 Å². The zero-order valence-electron chi connectivity index (χ0n) is 14.0. The van der Waals surface area contributed by atoms with Crippen LogP contribution in [0, 0.1) is 0 Å². The van der Waals surface area contributed by atoms with Gasteiger partial charge in [0.25, 0.3) is 0 Å². The van der Waals surface area contributed by atoms with E-state index in [1.165, 1.54) is 12.0 Å². The van der Waals surface area contributed by atoms with E-state index >= 15 is 0 Å². The van der Waals surface area contributed by atoms with Crippen LogP contribution in [0.2, 0.25) is 0 Å². The van der Waals surface area contributed by atoms with Crippen molar-refractivity contribution in [3.8, 4) is 11.5 Å². The summed E-state index contributed by atoms with van der Waals surface area (Å²) < 4.78 is 16.5. The van der Waals surface area contributed by atoms with Gasteiger partial charge in [-0.3, -0.25) is 4.79 Å². The van der Waals surface area contributed by atoms with Gasteiger partial charge in [-0.15, -0.1) is 0 Å².